The number of nitrogens with one attached hydrogen (secondary N) is 3. The van der Waals surface area contributed by atoms with Gasteiger partial charge in [0.25, 0.3) is 0 Å². The lowest BCUT2D eigenvalue weighted by atomic mass is 10.0. The highest BCUT2D eigenvalue weighted by atomic mass is 16.2. The molecule has 0 saturated carbocycles. The Morgan fingerprint density at radius 2 is 1.84 bits per heavy atom. The number of aromatic amines is 1. The zero-order chi connectivity index (χ0) is 18.6. The summed E-state index contributed by atoms with van der Waals surface area (Å²) in [7, 11) is 0. The van der Waals surface area contributed by atoms with Crippen molar-refractivity contribution in [2.45, 2.75) is 39.3 Å². The second-order valence-corrected chi connectivity index (χ2v) is 6.45. The van der Waals surface area contributed by atoms with E-state index in [4.69, 9.17) is 5.73 Å². The van der Waals surface area contributed by atoms with Crippen LogP contribution in [0.1, 0.15) is 26.3 Å². The summed E-state index contributed by atoms with van der Waals surface area (Å²) in [5.74, 6) is -1.47. The molecular weight excluding hydrogens is 320 g/mol. The van der Waals surface area contributed by atoms with Gasteiger partial charge in [0.1, 0.15) is 12.1 Å². The van der Waals surface area contributed by atoms with Crippen molar-refractivity contribution >= 4 is 28.6 Å². The van der Waals surface area contributed by atoms with Crippen LogP contribution in [0.2, 0.25) is 0 Å². The minimum Gasteiger partial charge on any atom is -0.368 e. The molecule has 3 amide bonds. The number of nitrogens with two attached hydrogens (primary N) is 1. The summed E-state index contributed by atoms with van der Waals surface area (Å²) in [6, 6.07) is 6.11. The largest absolute Gasteiger partial charge is 0.368 e. The number of aromatic nitrogens is 1. The van der Waals surface area contributed by atoms with Crippen molar-refractivity contribution in [2.75, 3.05) is 0 Å². The Hall–Kier alpha value is -2.83. The Balaban J connectivity index is 2.16. The van der Waals surface area contributed by atoms with Gasteiger partial charge in [-0.05, 0) is 17.5 Å². The molecule has 0 saturated heterocycles. The first-order valence-corrected chi connectivity index (χ1v) is 8.21. The van der Waals surface area contributed by atoms with Crippen molar-refractivity contribution in [1.82, 2.24) is 15.6 Å². The fraction of sp³-hybridized carbons (Fsp3) is 0.389. The molecule has 1 aromatic carbocycles. The topological polar surface area (TPSA) is 117 Å². The summed E-state index contributed by atoms with van der Waals surface area (Å²) >= 11 is 0. The van der Waals surface area contributed by atoms with Gasteiger partial charge in [0.2, 0.25) is 17.7 Å². The highest BCUT2D eigenvalue weighted by molar-refractivity contribution is 5.92. The predicted molar refractivity (Wildman–Crippen MR) is 95.6 cm³/mol. The fourth-order valence-electron chi connectivity index (χ4n) is 2.76. The molecule has 5 N–H and O–H groups in total. The van der Waals surface area contributed by atoms with Crippen molar-refractivity contribution in [1.29, 1.82) is 0 Å². The summed E-state index contributed by atoms with van der Waals surface area (Å²) in [6.45, 7) is 4.98. The van der Waals surface area contributed by atoms with E-state index < -0.39 is 23.9 Å². The fourth-order valence-corrected chi connectivity index (χ4v) is 2.76. The standard InChI is InChI=1S/C18H24N4O3/c1-10(2)16(21-11(3)23)18(25)22-15(17(19)24)8-12-9-20-14-7-5-4-6-13(12)14/h4-7,9-10,15-16,20H,8H2,1-3H3,(H2,19,24)(H,21,23)(H,22,25)/t15-,16+/m0/s1. The lowest BCUT2D eigenvalue weighted by molar-refractivity contribution is -0.131. The Morgan fingerprint density at radius 1 is 1.16 bits per heavy atom. The van der Waals surface area contributed by atoms with Gasteiger partial charge < -0.3 is 21.4 Å². The quantitative estimate of drug-likeness (QED) is 0.596. The number of rotatable bonds is 7. The summed E-state index contributed by atoms with van der Waals surface area (Å²) in [5, 5.41) is 6.24. The van der Waals surface area contributed by atoms with Crippen LogP contribution < -0.4 is 16.4 Å². The van der Waals surface area contributed by atoms with E-state index in [9.17, 15) is 14.4 Å². The Labute approximate surface area is 146 Å². The predicted octanol–water partition coefficient (Wildman–Crippen LogP) is 0.841. The molecule has 7 heteroatoms. The van der Waals surface area contributed by atoms with E-state index in [1.807, 2.05) is 38.1 Å². The van der Waals surface area contributed by atoms with E-state index in [2.05, 4.69) is 15.6 Å². The maximum Gasteiger partial charge on any atom is 0.243 e. The lowest BCUT2D eigenvalue weighted by Gasteiger charge is -2.23. The SMILES string of the molecule is CC(=O)N[C@@H](C(=O)N[C@@H](Cc1c[nH]c2ccccc12)C(N)=O)C(C)C. The van der Waals surface area contributed by atoms with Gasteiger partial charge >= 0.3 is 0 Å². The highest BCUT2D eigenvalue weighted by Gasteiger charge is 2.27. The molecule has 2 atom stereocenters. The molecule has 0 spiro atoms. The third-order valence-electron chi connectivity index (χ3n) is 4.07. The molecule has 1 aromatic heterocycles. The number of para-hydroxylation sites is 1. The molecule has 2 aromatic rings. The Kier molecular flexibility index (Phi) is 5.80. The van der Waals surface area contributed by atoms with Crippen molar-refractivity contribution in [2.24, 2.45) is 11.7 Å². The normalized spacial score (nSPS) is 13.4. The van der Waals surface area contributed by atoms with Crippen LogP contribution in [0.3, 0.4) is 0 Å². The number of carbonyl (C=O) groups is 3. The summed E-state index contributed by atoms with van der Waals surface area (Å²) < 4.78 is 0. The molecule has 0 radical (unpaired) electrons. The van der Waals surface area contributed by atoms with E-state index in [-0.39, 0.29) is 18.2 Å². The average Bonchev–Trinajstić information content (AvgIpc) is 2.94. The molecule has 0 unspecified atom stereocenters. The zero-order valence-corrected chi connectivity index (χ0v) is 14.6. The van der Waals surface area contributed by atoms with Crippen LogP contribution in [-0.2, 0) is 20.8 Å². The van der Waals surface area contributed by atoms with Crippen LogP contribution in [-0.4, -0.2) is 34.8 Å². The Bertz CT molecular complexity index is 781. The third kappa shape index (κ3) is 4.59. The molecular formula is C18H24N4O3. The first kappa shape index (κ1) is 18.5. The molecule has 134 valence electrons. The van der Waals surface area contributed by atoms with Crippen LogP contribution in [0.15, 0.2) is 30.5 Å². The molecule has 2 rings (SSSR count). The van der Waals surface area contributed by atoms with Crippen molar-refractivity contribution in [3.05, 3.63) is 36.0 Å². The number of amides is 3. The number of benzene rings is 1. The van der Waals surface area contributed by atoms with Gasteiger partial charge in [0.15, 0.2) is 0 Å². The first-order valence-electron chi connectivity index (χ1n) is 8.21. The molecule has 0 fully saturated rings. The second-order valence-electron chi connectivity index (χ2n) is 6.45. The number of primary amides is 1. The number of carbonyl (C=O) groups excluding carboxylic acids is 3. The smallest absolute Gasteiger partial charge is 0.243 e. The minimum absolute atomic E-state index is 0.120. The van der Waals surface area contributed by atoms with Crippen LogP contribution in [0.25, 0.3) is 10.9 Å². The van der Waals surface area contributed by atoms with Crippen molar-refractivity contribution in [3.8, 4) is 0 Å². The van der Waals surface area contributed by atoms with Crippen LogP contribution >= 0.6 is 0 Å². The zero-order valence-electron chi connectivity index (χ0n) is 14.6. The monoisotopic (exact) mass is 344 g/mol. The van der Waals surface area contributed by atoms with Gasteiger partial charge in [-0.3, -0.25) is 14.4 Å². The van der Waals surface area contributed by atoms with Crippen LogP contribution in [0, 0.1) is 5.92 Å². The molecule has 0 aliphatic heterocycles. The third-order valence-corrected chi connectivity index (χ3v) is 4.07. The van der Waals surface area contributed by atoms with E-state index in [1.165, 1.54) is 6.92 Å². The minimum atomic E-state index is -0.860. The molecule has 7 nitrogen and oxygen atoms in total. The summed E-state index contributed by atoms with van der Waals surface area (Å²) in [5.41, 5.74) is 7.31. The van der Waals surface area contributed by atoms with Gasteiger partial charge in [-0.1, -0.05) is 32.0 Å². The van der Waals surface area contributed by atoms with Crippen molar-refractivity contribution in [3.63, 3.8) is 0 Å². The summed E-state index contributed by atoms with van der Waals surface area (Å²) in [4.78, 5) is 38.7. The molecule has 1 heterocycles. The lowest BCUT2D eigenvalue weighted by Crippen LogP contribution is -2.55. The number of fused-ring (bicyclic) bond motifs is 1. The maximum absolute atomic E-state index is 12.5. The van der Waals surface area contributed by atoms with Gasteiger partial charge in [-0.15, -0.1) is 0 Å². The molecule has 0 bridgehead atoms. The van der Waals surface area contributed by atoms with Crippen LogP contribution in [0.5, 0.6) is 0 Å². The number of H-pyrrole nitrogens is 1. The van der Waals surface area contributed by atoms with Gasteiger partial charge in [0.05, 0.1) is 0 Å². The van der Waals surface area contributed by atoms with E-state index in [1.54, 1.807) is 6.20 Å². The first-order chi connectivity index (χ1) is 11.8. The van der Waals surface area contributed by atoms with Gasteiger partial charge in [-0.25, -0.2) is 0 Å². The van der Waals surface area contributed by atoms with Crippen molar-refractivity contribution < 1.29 is 14.4 Å². The van der Waals surface area contributed by atoms with Gasteiger partial charge in [-0.2, -0.15) is 0 Å². The molecule has 0 aliphatic rings. The van der Waals surface area contributed by atoms with Crippen LogP contribution in [0.4, 0.5) is 0 Å². The number of hydrogen-bond donors (Lipinski definition) is 4. The second kappa shape index (κ2) is 7.83. The Morgan fingerprint density at radius 3 is 2.44 bits per heavy atom. The van der Waals surface area contributed by atoms with E-state index in [0.29, 0.717) is 0 Å². The maximum atomic E-state index is 12.5. The highest BCUT2D eigenvalue weighted by Crippen LogP contribution is 2.19. The molecule has 25 heavy (non-hydrogen) atoms. The summed E-state index contributed by atoms with van der Waals surface area (Å²) in [6.07, 6.45) is 2.08. The average molecular weight is 344 g/mol. The van der Waals surface area contributed by atoms with E-state index in [0.717, 1.165) is 16.5 Å². The number of hydrogen-bond acceptors (Lipinski definition) is 3. The van der Waals surface area contributed by atoms with E-state index >= 15 is 0 Å². The van der Waals surface area contributed by atoms with Gasteiger partial charge in [0, 0.05) is 30.4 Å². The molecule has 0 aliphatic carbocycles.